The van der Waals surface area contributed by atoms with Gasteiger partial charge in [-0.2, -0.15) is 17.0 Å². The van der Waals surface area contributed by atoms with Crippen LogP contribution in [0.25, 0.3) is 0 Å². The van der Waals surface area contributed by atoms with Crippen molar-refractivity contribution in [2.24, 2.45) is 5.92 Å². The van der Waals surface area contributed by atoms with Crippen molar-refractivity contribution in [3.05, 3.63) is 0 Å². The summed E-state index contributed by atoms with van der Waals surface area (Å²) in [4.78, 5) is 0. The molecule has 2 atom stereocenters. The van der Waals surface area contributed by atoms with Gasteiger partial charge in [-0.3, -0.25) is 5.32 Å². The number of unbranched alkanes of at least 4 members (excludes halogenated alkanes) is 1. The van der Waals surface area contributed by atoms with E-state index in [4.69, 9.17) is 0 Å². The lowest BCUT2D eigenvalue weighted by Crippen LogP contribution is -2.47. The Labute approximate surface area is 111 Å². The Hall–Kier alpha value is -0.200. The molecule has 2 nitrogen and oxygen atoms in total. The third-order valence-corrected chi connectivity index (χ3v) is 4.87. The van der Waals surface area contributed by atoms with Gasteiger partial charge in [0.25, 0.3) is 0 Å². The number of hydrogen-bond donors (Lipinski definition) is 1. The first kappa shape index (κ1) is 14.9. The summed E-state index contributed by atoms with van der Waals surface area (Å²) >= 11 is 2.06. The molecule has 0 aromatic rings. The van der Waals surface area contributed by atoms with Gasteiger partial charge in [0, 0.05) is 0 Å². The molecule has 1 fully saturated rings. The van der Waals surface area contributed by atoms with Gasteiger partial charge >= 0.3 is 0 Å². The molecule has 0 bridgehead atoms. The molecular weight excluding hydrogens is 228 g/mol. The summed E-state index contributed by atoms with van der Waals surface area (Å²) in [7, 11) is 0. The van der Waals surface area contributed by atoms with Crippen LogP contribution in [0.2, 0.25) is 0 Å². The Balaban J connectivity index is 2.33. The fraction of sp³-hybridized carbons (Fsp3) is 0.929. The highest BCUT2D eigenvalue weighted by molar-refractivity contribution is 7.99. The Morgan fingerprint density at radius 1 is 1.41 bits per heavy atom. The minimum atomic E-state index is -0.208. The molecule has 0 amide bonds. The quantitative estimate of drug-likeness (QED) is 0.673. The zero-order chi connectivity index (χ0) is 12.6. The highest BCUT2D eigenvalue weighted by Gasteiger charge is 2.41. The van der Waals surface area contributed by atoms with E-state index in [1.54, 1.807) is 0 Å². The molecule has 17 heavy (non-hydrogen) atoms. The molecule has 0 radical (unpaired) electrons. The van der Waals surface area contributed by atoms with E-state index in [0.717, 1.165) is 13.0 Å². The highest BCUT2D eigenvalue weighted by Crippen LogP contribution is 2.38. The predicted molar refractivity (Wildman–Crippen MR) is 76.2 cm³/mol. The van der Waals surface area contributed by atoms with E-state index < -0.39 is 0 Å². The summed E-state index contributed by atoms with van der Waals surface area (Å²) in [6.45, 7) is 5.25. The van der Waals surface area contributed by atoms with Crippen molar-refractivity contribution in [1.82, 2.24) is 5.32 Å². The second-order valence-electron chi connectivity index (χ2n) is 4.96. The Morgan fingerprint density at radius 3 is 2.88 bits per heavy atom. The molecule has 0 heterocycles. The lowest BCUT2D eigenvalue weighted by atomic mass is 9.86. The van der Waals surface area contributed by atoms with Crippen LogP contribution in [0.3, 0.4) is 0 Å². The lowest BCUT2D eigenvalue weighted by molar-refractivity contribution is 0.317. The zero-order valence-electron chi connectivity index (χ0n) is 11.3. The molecule has 0 aromatic heterocycles. The first-order valence-corrected chi connectivity index (χ1v) is 8.18. The third-order valence-electron chi connectivity index (χ3n) is 3.77. The number of thioether (sulfide) groups is 1. The van der Waals surface area contributed by atoms with Gasteiger partial charge in [0.2, 0.25) is 0 Å². The van der Waals surface area contributed by atoms with E-state index in [1.165, 1.54) is 43.6 Å². The number of hydrogen-bond acceptors (Lipinski definition) is 3. The van der Waals surface area contributed by atoms with E-state index in [0.29, 0.717) is 5.92 Å². The van der Waals surface area contributed by atoms with Crippen LogP contribution in [0.4, 0.5) is 0 Å². The van der Waals surface area contributed by atoms with E-state index in [9.17, 15) is 5.26 Å². The second-order valence-corrected chi connectivity index (χ2v) is 6.18. The van der Waals surface area contributed by atoms with Crippen LogP contribution < -0.4 is 5.32 Å². The average Bonchev–Trinajstić information content (AvgIpc) is 2.73. The van der Waals surface area contributed by atoms with E-state index in [1.807, 2.05) is 0 Å². The van der Waals surface area contributed by atoms with Crippen molar-refractivity contribution in [1.29, 1.82) is 5.26 Å². The molecule has 1 aliphatic rings. The fourth-order valence-electron chi connectivity index (χ4n) is 2.78. The summed E-state index contributed by atoms with van der Waals surface area (Å²) in [6, 6.07) is 2.56. The molecule has 1 aliphatic carbocycles. The minimum absolute atomic E-state index is 0.208. The molecule has 0 aromatic carbocycles. The van der Waals surface area contributed by atoms with Crippen LogP contribution in [0.5, 0.6) is 0 Å². The Bertz CT molecular complexity index is 249. The van der Waals surface area contributed by atoms with Crippen LogP contribution in [0.15, 0.2) is 0 Å². The van der Waals surface area contributed by atoms with Gasteiger partial charge in [0.15, 0.2) is 0 Å². The van der Waals surface area contributed by atoms with Gasteiger partial charge in [-0.15, -0.1) is 0 Å². The molecule has 3 heteroatoms. The molecule has 0 saturated heterocycles. The third kappa shape index (κ3) is 4.19. The molecule has 1 saturated carbocycles. The molecule has 0 aliphatic heterocycles. The van der Waals surface area contributed by atoms with Crippen molar-refractivity contribution in [3.8, 4) is 6.07 Å². The number of nitrogens with zero attached hydrogens (tertiary/aromatic N) is 1. The van der Waals surface area contributed by atoms with Gasteiger partial charge in [-0.05, 0) is 49.7 Å². The number of nitrogens with one attached hydrogen (secondary N) is 1. The summed E-state index contributed by atoms with van der Waals surface area (Å²) in [6.07, 6.45) is 7.30. The van der Waals surface area contributed by atoms with Crippen LogP contribution in [-0.4, -0.2) is 23.6 Å². The number of nitriles is 1. The van der Waals surface area contributed by atoms with Crippen molar-refractivity contribution in [3.63, 3.8) is 0 Å². The minimum Gasteiger partial charge on any atom is -0.299 e. The second kappa shape index (κ2) is 8.00. The van der Waals surface area contributed by atoms with Gasteiger partial charge in [-0.25, -0.2) is 0 Å². The Morgan fingerprint density at radius 2 is 2.24 bits per heavy atom. The molecule has 2 unspecified atom stereocenters. The van der Waals surface area contributed by atoms with Crippen LogP contribution in [0.1, 0.15) is 52.4 Å². The van der Waals surface area contributed by atoms with Gasteiger partial charge in [0.1, 0.15) is 5.54 Å². The molecule has 0 spiro atoms. The van der Waals surface area contributed by atoms with E-state index in [-0.39, 0.29) is 5.54 Å². The van der Waals surface area contributed by atoms with Gasteiger partial charge in [-0.1, -0.05) is 26.7 Å². The standard InChI is InChI=1S/C14H26N2S/c1-3-5-10-17-11-8-13-7-6-9-14(13,12-15)16-4-2/h13,16H,3-11H2,1-2H3. The van der Waals surface area contributed by atoms with Crippen LogP contribution >= 0.6 is 11.8 Å². The molecule has 98 valence electrons. The summed E-state index contributed by atoms with van der Waals surface area (Å²) < 4.78 is 0. The summed E-state index contributed by atoms with van der Waals surface area (Å²) in [5, 5.41) is 12.9. The maximum atomic E-state index is 9.44. The van der Waals surface area contributed by atoms with Gasteiger partial charge in [0.05, 0.1) is 6.07 Å². The molecule has 1 N–H and O–H groups in total. The SMILES string of the molecule is CCCCSCCC1CCCC1(C#N)NCC. The smallest absolute Gasteiger partial charge is 0.109 e. The fourth-order valence-corrected chi connectivity index (χ4v) is 3.93. The van der Waals surface area contributed by atoms with Crippen molar-refractivity contribution in [2.45, 2.75) is 57.9 Å². The maximum Gasteiger partial charge on any atom is 0.109 e. The van der Waals surface area contributed by atoms with E-state index in [2.05, 4.69) is 37.0 Å². The Kier molecular flexibility index (Phi) is 6.99. The lowest BCUT2D eigenvalue weighted by Gasteiger charge is -2.29. The maximum absolute atomic E-state index is 9.44. The summed E-state index contributed by atoms with van der Waals surface area (Å²) in [5.41, 5.74) is -0.208. The topological polar surface area (TPSA) is 35.8 Å². The largest absolute Gasteiger partial charge is 0.299 e. The van der Waals surface area contributed by atoms with E-state index >= 15 is 0 Å². The van der Waals surface area contributed by atoms with Crippen molar-refractivity contribution < 1.29 is 0 Å². The van der Waals surface area contributed by atoms with Crippen molar-refractivity contribution in [2.75, 3.05) is 18.1 Å². The van der Waals surface area contributed by atoms with Crippen LogP contribution in [0, 0.1) is 17.2 Å². The summed E-state index contributed by atoms with van der Waals surface area (Å²) in [5.74, 6) is 3.07. The molecule has 1 rings (SSSR count). The first-order valence-electron chi connectivity index (χ1n) is 7.03. The highest BCUT2D eigenvalue weighted by atomic mass is 32.2. The first-order chi connectivity index (χ1) is 8.29. The van der Waals surface area contributed by atoms with Gasteiger partial charge < -0.3 is 0 Å². The molecular formula is C14H26N2S. The van der Waals surface area contributed by atoms with Crippen molar-refractivity contribution >= 4 is 11.8 Å². The van der Waals surface area contributed by atoms with Crippen LogP contribution in [-0.2, 0) is 0 Å². The predicted octanol–water partition coefficient (Wildman–Crippen LogP) is 3.58. The normalized spacial score (nSPS) is 28.2. The average molecular weight is 254 g/mol. The monoisotopic (exact) mass is 254 g/mol. The number of rotatable bonds is 8. The zero-order valence-corrected chi connectivity index (χ0v) is 12.1.